The van der Waals surface area contributed by atoms with Crippen LogP contribution in [0.25, 0.3) is 0 Å². The number of hydrogen-bond donors (Lipinski definition) is 1. The Bertz CT molecular complexity index is 1200. The Morgan fingerprint density at radius 2 is 0.831 bits per heavy atom. The summed E-state index contributed by atoms with van der Waals surface area (Å²) >= 11 is 0. The first-order valence-corrected chi connectivity index (χ1v) is 28.7. The number of nitrogens with zero attached hydrogens (tertiary/aromatic N) is 1. The lowest BCUT2D eigenvalue weighted by atomic mass is 10.0. The van der Waals surface area contributed by atoms with Crippen LogP contribution in [0.3, 0.4) is 0 Å². The van der Waals surface area contributed by atoms with Crippen LogP contribution in [0.2, 0.25) is 0 Å². The molecule has 0 aromatic rings. The van der Waals surface area contributed by atoms with Gasteiger partial charge in [-0.1, -0.05) is 204 Å². The lowest BCUT2D eigenvalue weighted by Crippen LogP contribution is -2.37. The van der Waals surface area contributed by atoms with Crippen molar-refractivity contribution in [3.63, 3.8) is 0 Å². The Hall–Kier alpha value is -1.77. The van der Waals surface area contributed by atoms with Gasteiger partial charge in [0.25, 0.3) is 0 Å². The second-order valence-corrected chi connectivity index (χ2v) is 21.1. The van der Waals surface area contributed by atoms with Gasteiger partial charge < -0.3 is 18.9 Å². The molecule has 65 heavy (non-hydrogen) atoms. The zero-order valence-corrected chi connectivity index (χ0v) is 44.1. The Balaban J connectivity index is 4.06. The van der Waals surface area contributed by atoms with E-state index in [0.717, 1.165) is 57.8 Å². The number of phosphoric acid groups is 1. The quantitative estimate of drug-likeness (QED) is 0.0211. The summed E-state index contributed by atoms with van der Waals surface area (Å²) in [5, 5.41) is 0. The minimum absolute atomic E-state index is 0.0316. The predicted octanol–water partition coefficient (Wildman–Crippen LogP) is 16.4. The van der Waals surface area contributed by atoms with Crippen molar-refractivity contribution in [2.75, 3.05) is 47.5 Å². The van der Waals surface area contributed by atoms with E-state index in [-0.39, 0.29) is 32.0 Å². The van der Waals surface area contributed by atoms with Gasteiger partial charge in [0.15, 0.2) is 6.10 Å². The van der Waals surface area contributed by atoms with Gasteiger partial charge in [-0.3, -0.25) is 18.6 Å². The van der Waals surface area contributed by atoms with E-state index in [9.17, 15) is 19.0 Å². The SMILES string of the molecule is CCCCC/C=C\CCCCCCCC(=O)OCC(COP(=O)(O)OCC[N+](C)(C)C)OC(=O)CCCCCCCCCCCCCCCCCCC/C=C\C/C=C\CCCCCCC. The van der Waals surface area contributed by atoms with Crippen molar-refractivity contribution >= 4 is 19.8 Å². The largest absolute Gasteiger partial charge is 0.472 e. The molecular weight excluding hydrogens is 834 g/mol. The van der Waals surface area contributed by atoms with E-state index in [2.05, 4.69) is 50.3 Å². The summed E-state index contributed by atoms with van der Waals surface area (Å²) in [4.78, 5) is 35.5. The normalized spacial score (nSPS) is 13.6. The highest BCUT2D eigenvalue weighted by molar-refractivity contribution is 7.47. The fourth-order valence-electron chi connectivity index (χ4n) is 7.63. The average molecular weight is 939 g/mol. The van der Waals surface area contributed by atoms with Crippen LogP contribution in [0.1, 0.15) is 251 Å². The van der Waals surface area contributed by atoms with Crippen LogP contribution in [0.5, 0.6) is 0 Å². The van der Waals surface area contributed by atoms with Crippen LogP contribution in [-0.2, 0) is 32.7 Å². The number of unbranched alkanes of at least 4 members (excludes halogenated alkanes) is 30. The molecule has 0 aliphatic carbocycles. The number of carbonyl (C=O) groups excluding carboxylic acids is 2. The summed E-state index contributed by atoms with van der Waals surface area (Å²) in [7, 11) is 1.48. The molecule has 0 saturated carbocycles. The maximum absolute atomic E-state index is 12.8. The maximum Gasteiger partial charge on any atom is 0.472 e. The van der Waals surface area contributed by atoms with Gasteiger partial charge in [-0.2, -0.15) is 0 Å². The number of likely N-dealkylation sites (N-methyl/N-ethyl adjacent to an activating group) is 1. The molecule has 382 valence electrons. The fourth-order valence-corrected chi connectivity index (χ4v) is 8.37. The molecule has 0 aliphatic rings. The van der Waals surface area contributed by atoms with Gasteiger partial charge in [0, 0.05) is 12.8 Å². The second-order valence-electron chi connectivity index (χ2n) is 19.6. The highest BCUT2D eigenvalue weighted by atomic mass is 31.2. The molecule has 2 unspecified atom stereocenters. The van der Waals surface area contributed by atoms with E-state index in [1.165, 1.54) is 161 Å². The van der Waals surface area contributed by atoms with Crippen LogP contribution in [0.15, 0.2) is 36.5 Å². The molecule has 0 saturated heterocycles. The standard InChI is InChI=1S/C55H104NO8P/c1-6-8-10-12-14-16-18-20-21-22-23-24-25-26-27-28-29-30-31-32-33-34-35-36-38-40-42-44-46-48-55(58)64-53(52-63-65(59,60)62-50-49-56(3,4)5)51-61-54(57)47-45-43-41-39-37-19-17-15-13-11-9-7-2/h15,17-18,20,22-23,53H,6-14,16,19,21,24-52H2,1-5H3/p+1/b17-15-,20-18-,23-22-. The van der Waals surface area contributed by atoms with Crippen LogP contribution in [0.4, 0.5) is 0 Å². The molecule has 0 radical (unpaired) electrons. The molecule has 0 heterocycles. The van der Waals surface area contributed by atoms with Crippen LogP contribution >= 0.6 is 7.82 Å². The third-order valence-electron chi connectivity index (χ3n) is 11.9. The van der Waals surface area contributed by atoms with Crippen molar-refractivity contribution in [3.8, 4) is 0 Å². The van der Waals surface area contributed by atoms with Gasteiger partial charge in [-0.25, -0.2) is 4.57 Å². The van der Waals surface area contributed by atoms with Gasteiger partial charge in [0.05, 0.1) is 27.7 Å². The number of esters is 2. The Morgan fingerprint density at radius 3 is 1.26 bits per heavy atom. The van der Waals surface area contributed by atoms with Crippen molar-refractivity contribution < 1.29 is 42.1 Å². The molecule has 10 heteroatoms. The molecule has 0 rings (SSSR count). The lowest BCUT2D eigenvalue weighted by molar-refractivity contribution is -0.870. The van der Waals surface area contributed by atoms with Crippen molar-refractivity contribution in [1.29, 1.82) is 0 Å². The van der Waals surface area contributed by atoms with Crippen molar-refractivity contribution in [2.24, 2.45) is 0 Å². The van der Waals surface area contributed by atoms with Gasteiger partial charge in [0.1, 0.15) is 19.8 Å². The molecule has 0 aromatic heterocycles. The minimum Gasteiger partial charge on any atom is -0.462 e. The van der Waals surface area contributed by atoms with Crippen molar-refractivity contribution in [2.45, 2.75) is 258 Å². The van der Waals surface area contributed by atoms with E-state index < -0.39 is 26.5 Å². The van der Waals surface area contributed by atoms with Crippen molar-refractivity contribution in [1.82, 2.24) is 0 Å². The third-order valence-corrected chi connectivity index (χ3v) is 12.9. The first kappa shape index (κ1) is 63.2. The number of phosphoric ester groups is 1. The Labute approximate surface area is 401 Å². The van der Waals surface area contributed by atoms with Gasteiger partial charge >= 0.3 is 19.8 Å². The second kappa shape index (κ2) is 47.3. The number of allylic oxidation sites excluding steroid dienone is 6. The first-order chi connectivity index (χ1) is 31.5. The highest BCUT2D eigenvalue weighted by Gasteiger charge is 2.27. The molecule has 0 amide bonds. The van der Waals surface area contributed by atoms with Gasteiger partial charge in [-0.15, -0.1) is 0 Å². The minimum atomic E-state index is -4.38. The first-order valence-electron chi connectivity index (χ1n) is 27.2. The summed E-state index contributed by atoms with van der Waals surface area (Å²) < 4.78 is 34.4. The summed E-state index contributed by atoms with van der Waals surface area (Å²) in [5.41, 5.74) is 0. The monoisotopic (exact) mass is 939 g/mol. The van der Waals surface area contributed by atoms with Gasteiger partial charge in [-0.05, 0) is 70.6 Å². The summed E-state index contributed by atoms with van der Waals surface area (Å²) in [6.45, 7) is 4.41. The molecule has 2 atom stereocenters. The smallest absolute Gasteiger partial charge is 0.462 e. The van der Waals surface area contributed by atoms with Gasteiger partial charge in [0.2, 0.25) is 0 Å². The number of ether oxygens (including phenoxy) is 2. The lowest BCUT2D eigenvalue weighted by Gasteiger charge is -2.24. The Morgan fingerprint density at radius 1 is 0.477 bits per heavy atom. The average Bonchev–Trinajstić information content (AvgIpc) is 3.26. The fraction of sp³-hybridized carbons (Fsp3) is 0.855. The highest BCUT2D eigenvalue weighted by Crippen LogP contribution is 2.43. The topological polar surface area (TPSA) is 108 Å². The maximum atomic E-state index is 12.8. The Kier molecular flexibility index (Phi) is 46.0. The van der Waals surface area contributed by atoms with E-state index in [0.29, 0.717) is 17.4 Å². The zero-order chi connectivity index (χ0) is 47.8. The number of carbonyl (C=O) groups is 2. The number of quaternary nitrogens is 1. The molecule has 0 spiro atoms. The molecule has 0 bridgehead atoms. The summed E-state index contributed by atoms with van der Waals surface area (Å²) in [6.07, 6.45) is 56.5. The van der Waals surface area contributed by atoms with Crippen LogP contribution < -0.4 is 0 Å². The summed E-state index contributed by atoms with van der Waals surface area (Å²) in [6, 6.07) is 0. The van der Waals surface area contributed by atoms with E-state index >= 15 is 0 Å². The number of hydrogen-bond acceptors (Lipinski definition) is 7. The predicted molar refractivity (Wildman–Crippen MR) is 275 cm³/mol. The summed E-state index contributed by atoms with van der Waals surface area (Å²) in [5.74, 6) is -0.800. The molecule has 0 aromatic carbocycles. The molecular formula is C55H105NO8P+. The molecule has 1 N–H and O–H groups in total. The molecule has 9 nitrogen and oxygen atoms in total. The van der Waals surface area contributed by atoms with Crippen LogP contribution in [0, 0.1) is 0 Å². The van der Waals surface area contributed by atoms with Crippen LogP contribution in [-0.4, -0.2) is 74.9 Å². The zero-order valence-electron chi connectivity index (χ0n) is 43.2. The number of rotatable bonds is 50. The molecule has 0 fully saturated rings. The van der Waals surface area contributed by atoms with Crippen molar-refractivity contribution in [3.05, 3.63) is 36.5 Å². The van der Waals surface area contributed by atoms with E-state index in [1.54, 1.807) is 0 Å². The van der Waals surface area contributed by atoms with E-state index in [1.807, 2.05) is 21.1 Å². The van der Waals surface area contributed by atoms with E-state index in [4.69, 9.17) is 18.5 Å². The third kappa shape index (κ3) is 51.5. The molecule has 0 aliphatic heterocycles.